The molecule has 0 radical (unpaired) electrons. The Kier molecular flexibility index (Phi) is 3.88. The number of rotatable bonds is 2. The summed E-state index contributed by atoms with van der Waals surface area (Å²) < 4.78 is 1.18. The predicted octanol–water partition coefficient (Wildman–Crippen LogP) is 4.83. The first kappa shape index (κ1) is 12.7. The van der Waals surface area contributed by atoms with Gasteiger partial charge >= 0.3 is 0 Å². The van der Waals surface area contributed by atoms with Crippen LogP contribution in [0.15, 0.2) is 59.1 Å². The van der Waals surface area contributed by atoms with Crippen LogP contribution in [-0.2, 0) is 0 Å². The van der Waals surface area contributed by atoms with Crippen LogP contribution in [0.3, 0.4) is 0 Å². The van der Waals surface area contributed by atoms with E-state index in [1.54, 1.807) is 0 Å². The summed E-state index contributed by atoms with van der Waals surface area (Å²) >= 11 is 3.58. The molecule has 1 fully saturated rings. The molecule has 0 bridgehead atoms. The standard InChI is InChI=1S/C17H18BrN/c18-16-8-4-6-14(12-16)15-7-5-11-19(13-15)17-9-2-1-3-10-17/h1-4,6,8-10,12,15H,5,7,11,13H2. The fourth-order valence-corrected chi connectivity index (χ4v) is 3.30. The Bertz CT molecular complexity index is 538. The van der Waals surface area contributed by atoms with E-state index in [1.807, 2.05) is 0 Å². The van der Waals surface area contributed by atoms with Crippen molar-refractivity contribution < 1.29 is 0 Å². The van der Waals surface area contributed by atoms with Crippen molar-refractivity contribution in [3.8, 4) is 0 Å². The Morgan fingerprint density at radius 1 is 1.00 bits per heavy atom. The molecule has 1 aliphatic rings. The highest BCUT2D eigenvalue weighted by Gasteiger charge is 2.21. The Morgan fingerprint density at radius 2 is 1.84 bits per heavy atom. The molecule has 2 aromatic rings. The van der Waals surface area contributed by atoms with E-state index in [0.717, 1.165) is 6.54 Å². The number of halogens is 1. The zero-order chi connectivity index (χ0) is 13.1. The van der Waals surface area contributed by atoms with Gasteiger partial charge in [0.25, 0.3) is 0 Å². The molecule has 0 aromatic heterocycles. The van der Waals surface area contributed by atoms with Gasteiger partial charge in [-0.15, -0.1) is 0 Å². The van der Waals surface area contributed by atoms with Crippen molar-refractivity contribution in [2.45, 2.75) is 18.8 Å². The highest BCUT2D eigenvalue weighted by Crippen LogP contribution is 2.30. The van der Waals surface area contributed by atoms with Crippen molar-refractivity contribution in [1.29, 1.82) is 0 Å². The topological polar surface area (TPSA) is 3.24 Å². The molecule has 19 heavy (non-hydrogen) atoms. The van der Waals surface area contributed by atoms with Gasteiger partial charge in [0.2, 0.25) is 0 Å². The molecule has 1 aliphatic heterocycles. The normalized spacial score (nSPS) is 19.4. The average molecular weight is 316 g/mol. The summed E-state index contributed by atoms with van der Waals surface area (Å²) in [6.07, 6.45) is 2.56. The van der Waals surface area contributed by atoms with Gasteiger partial charge in [-0.3, -0.25) is 0 Å². The van der Waals surface area contributed by atoms with E-state index in [0.29, 0.717) is 5.92 Å². The molecule has 0 spiro atoms. The van der Waals surface area contributed by atoms with Gasteiger partial charge in [-0.1, -0.05) is 46.3 Å². The first-order chi connectivity index (χ1) is 9.33. The van der Waals surface area contributed by atoms with Gasteiger partial charge in [0, 0.05) is 29.2 Å². The summed E-state index contributed by atoms with van der Waals surface area (Å²) in [4.78, 5) is 2.51. The van der Waals surface area contributed by atoms with E-state index in [9.17, 15) is 0 Å². The summed E-state index contributed by atoms with van der Waals surface area (Å²) in [6, 6.07) is 19.5. The van der Waals surface area contributed by atoms with Crippen LogP contribution in [0.25, 0.3) is 0 Å². The number of hydrogen-bond donors (Lipinski definition) is 0. The van der Waals surface area contributed by atoms with Gasteiger partial charge in [-0.25, -0.2) is 0 Å². The van der Waals surface area contributed by atoms with Crippen molar-refractivity contribution in [2.75, 3.05) is 18.0 Å². The minimum Gasteiger partial charge on any atom is -0.371 e. The van der Waals surface area contributed by atoms with Crippen LogP contribution in [0.1, 0.15) is 24.3 Å². The van der Waals surface area contributed by atoms with Crippen LogP contribution in [-0.4, -0.2) is 13.1 Å². The minimum atomic E-state index is 0.645. The Morgan fingerprint density at radius 3 is 2.63 bits per heavy atom. The van der Waals surface area contributed by atoms with Gasteiger partial charge in [0.1, 0.15) is 0 Å². The van der Waals surface area contributed by atoms with Crippen LogP contribution in [0.2, 0.25) is 0 Å². The first-order valence-corrected chi connectivity index (χ1v) is 7.68. The molecule has 1 heterocycles. The molecule has 0 saturated carbocycles. The van der Waals surface area contributed by atoms with Crippen LogP contribution in [0.5, 0.6) is 0 Å². The first-order valence-electron chi connectivity index (χ1n) is 6.88. The van der Waals surface area contributed by atoms with E-state index < -0.39 is 0 Å². The van der Waals surface area contributed by atoms with Gasteiger partial charge in [-0.05, 0) is 42.7 Å². The second-order valence-corrected chi connectivity index (χ2v) is 6.09. The van der Waals surface area contributed by atoms with Gasteiger partial charge in [0.05, 0.1) is 0 Å². The van der Waals surface area contributed by atoms with E-state index >= 15 is 0 Å². The molecule has 2 heteroatoms. The third-order valence-electron chi connectivity index (χ3n) is 3.86. The summed E-state index contributed by atoms with van der Waals surface area (Å²) in [7, 11) is 0. The highest BCUT2D eigenvalue weighted by atomic mass is 79.9. The lowest BCUT2D eigenvalue weighted by Gasteiger charge is -2.34. The Labute approximate surface area is 123 Å². The second-order valence-electron chi connectivity index (χ2n) is 5.18. The molecule has 1 atom stereocenters. The lowest BCUT2D eigenvalue weighted by Crippen LogP contribution is -2.34. The zero-order valence-corrected chi connectivity index (χ0v) is 12.5. The smallest absolute Gasteiger partial charge is 0.0366 e. The van der Waals surface area contributed by atoms with Crippen LogP contribution in [0, 0.1) is 0 Å². The SMILES string of the molecule is Brc1cccc(C2CCCN(c3ccccc3)C2)c1. The monoisotopic (exact) mass is 315 g/mol. The number of para-hydroxylation sites is 1. The molecule has 98 valence electrons. The van der Waals surface area contributed by atoms with Crippen molar-refractivity contribution in [3.05, 3.63) is 64.6 Å². The fraction of sp³-hybridized carbons (Fsp3) is 0.294. The zero-order valence-electron chi connectivity index (χ0n) is 10.9. The lowest BCUT2D eigenvalue weighted by atomic mass is 9.90. The molecular formula is C17H18BrN. The van der Waals surface area contributed by atoms with Gasteiger partial charge < -0.3 is 4.90 Å². The Hall–Kier alpha value is -1.28. The van der Waals surface area contributed by atoms with E-state index in [1.165, 1.54) is 35.1 Å². The third-order valence-corrected chi connectivity index (χ3v) is 4.36. The molecule has 0 amide bonds. The molecule has 0 aliphatic carbocycles. The Balaban J connectivity index is 1.78. The molecule has 3 rings (SSSR count). The fourth-order valence-electron chi connectivity index (χ4n) is 2.88. The van der Waals surface area contributed by atoms with Gasteiger partial charge in [0.15, 0.2) is 0 Å². The van der Waals surface area contributed by atoms with E-state index in [-0.39, 0.29) is 0 Å². The van der Waals surface area contributed by atoms with Crippen molar-refractivity contribution >= 4 is 21.6 Å². The average Bonchev–Trinajstić information content (AvgIpc) is 2.48. The molecule has 2 aromatic carbocycles. The van der Waals surface area contributed by atoms with E-state index in [2.05, 4.69) is 75.4 Å². The van der Waals surface area contributed by atoms with E-state index in [4.69, 9.17) is 0 Å². The maximum atomic E-state index is 3.58. The maximum Gasteiger partial charge on any atom is 0.0366 e. The summed E-state index contributed by atoms with van der Waals surface area (Å²) in [5.74, 6) is 0.645. The molecule has 1 saturated heterocycles. The molecule has 1 unspecified atom stereocenters. The van der Waals surface area contributed by atoms with Crippen molar-refractivity contribution in [1.82, 2.24) is 0 Å². The second kappa shape index (κ2) is 5.79. The number of anilines is 1. The van der Waals surface area contributed by atoms with Crippen molar-refractivity contribution in [2.24, 2.45) is 0 Å². The van der Waals surface area contributed by atoms with Crippen LogP contribution >= 0.6 is 15.9 Å². The van der Waals surface area contributed by atoms with Crippen LogP contribution in [0.4, 0.5) is 5.69 Å². The number of benzene rings is 2. The molecular weight excluding hydrogens is 298 g/mol. The number of hydrogen-bond acceptors (Lipinski definition) is 1. The van der Waals surface area contributed by atoms with Gasteiger partial charge in [-0.2, -0.15) is 0 Å². The maximum absolute atomic E-state index is 3.58. The summed E-state index contributed by atoms with van der Waals surface area (Å²) in [5.41, 5.74) is 2.80. The van der Waals surface area contributed by atoms with Crippen LogP contribution < -0.4 is 4.90 Å². The quantitative estimate of drug-likeness (QED) is 0.767. The third kappa shape index (κ3) is 3.01. The summed E-state index contributed by atoms with van der Waals surface area (Å²) in [6.45, 7) is 2.30. The molecule has 1 nitrogen and oxygen atoms in total. The van der Waals surface area contributed by atoms with Crippen molar-refractivity contribution in [3.63, 3.8) is 0 Å². The molecule has 0 N–H and O–H groups in total. The highest BCUT2D eigenvalue weighted by molar-refractivity contribution is 9.10. The lowest BCUT2D eigenvalue weighted by molar-refractivity contribution is 0.510. The number of piperidine rings is 1. The summed E-state index contributed by atoms with van der Waals surface area (Å²) in [5, 5.41) is 0. The minimum absolute atomic E-state index is 0.645. The largest absolute Gasteiger partial charge is 0.371 e. The predicted molar refractivity (Wildman–Crippen MR) is 84.8 cm³/mol. The number of nitrogens with zero attached hydrogens (tertiary/aromatic N) is 1.